The molecule has 0 spiro atoms. The van der Waals surface area contributed by atoms with E-state index in [9.17, 15) is 9.59 Å². The lowest BCUT2D eigenvalue weighted by Crippen LogP contribution is -2.25. The molecule has 0 saturated carbocycles. The van der Waals surface area contributed by atoms with Gasteiger partial charge in [0.05, 0.1) is 24.1 Å². The summed E-state index contributed by atoms with van der Waals surface area (Å²) in [7, 11) is 0. The lowest BCUT2D eigenvalue weighted by atomic mass is 10.2. The smallest absolute Gasteiger partial charge is 0.262 e. The van der Waals surface area contributed by atoms with Crippen LogP contribution >= 0.6 is 12.2 Å². The summed E-state index contributed by atoms with van der Waals surface area (Å²) >= 11 is 5.40. The molecule has 0 aliphatic carbocycles. The zero-order valence-corrected chi connectivity index (χ0v) is 19.0. The minimum atomic E-state index is -0.165. The largest absolute Gasteiger partial charge is 0.490 e. The van der Waals surface area contributed by atoms with Crippen molar-refractivity contribution in [3.8, 4) is 11.5 Å². The quantitative estimate of drug-likeness (QED) is 0.361. The molecular formula is C22H33N3O4S. The van der Waals surface area contributed by atoms with E-state index in [2.05, 4.69) is 17.2 Å². The van der Waals surface area contributed by atoms with Crippen molar-refractivity contribution in [2.45, 2.75) is 65.8 Å². The molecule has 7 nitrogen and oxygen atoms in total. The highest BCUT2D eigenvalue weighted by molar-refractivity contribution is 7.71. The molecule has 166 valence electrons. The number of amides is 1. The van der Waals surface area contributed by atoms with Crippen LogP contribution in [0.15, 0.2) is 16.9 Å². The van der Waals surface area contributed by atoms with Gasteiger partial charge in [-0.3, -0.25) is 14.2 Å². The maximum absolute atomic E-state index is 13.0. The number of unbranched alkanes of at least 4 members (excludes halogenated alkanes) is 3. The molecule has 0 bridgehead atoms. The van der Waals surface area contributed by atoms with Crippen molar-refractivity contribution in [1.29, 1.82) is 0 Å². The van der Waals surface area contributed by atoms with Crippen LogP contribution in [0.25, 0.3) is 10.9 Å². The first-order valence-corrected chi connectivity index (χ1v) is 11.3. The average molecular weight is 436 g/mol. The van der Waals surface area contributed by atoms with E-state index in [1.807, 2.05) is 13.8 Å². The van der Waals surface area contributed by atoms with Crippen molar-refractivity contribution in [3.63, 3.8) is 0 Å². The number of carbonyl (C=O) groups excluding carboxylic acids is 1. The van der Waals surface area contributed by atoms with E-state index < -0.39 is 0 Å². The number of H-pyrrole nitrogens is 1. The highest BCUT2D eigenvalue weighted by Gasteiger charge is 2.12. The highest BCUT2D eigenvalue weighted by atomic mass is 32.1. The summed E-state index contributed by atoms with van der Waals surface area (Å²) in [5.41, 5.74) is 0.460. The average Bonchev–Trinajstić information content (AvgIpc) is 2.72. The number of hydrogen-bond acceptors (Lipinski definition) is 5. The Morgan fingerprint density at radius 2 is 1.77 bits per heavy atom. The number of benzene rings is 1. The molecular weight excluding hydrogens is 402 g/mol. The summed E-state index contributed by atoms with van der Waals surface area (Å²) in [6.45, 7) is 8.08. The standard InChI is InChI=1S/C22H33N3O4S/c1-4-7-9-12-23-20(26)11-8-10-13-25-21(27)16-14-18(28-5-2)19(29-6-3)15-17(16)24-22(25)30/h14-15H,4-13H2,1-3H3,(H,23,26)(H,24,30). The number of carbonyl (C=O) groups is 1. The van der Waals surface area contributed by atoms with Gasteiger partial charge in [0.15, 0.2) is 16.3 Å². The predicted molar refractivity (Wildman–Crippen MR) is 122 cm³/mol. The lowest BCUT2D eigenvalue weighted by Gasteiger charge is -2.13. The minimum Gasteiger partial charge on any atom is -0.490 e. The first-order chi connectivity index (χ1) is 14.5. The fraction of sp³-hybridized carbons (Fsp3) is 0.591. The summed E-state index contributed by atoms with van der Waals surface area (Å²) in [6, 6.07) is 3.46. The van der Waals surface area contributed by atoms with Crippen molar-refractivity contribution in [1.82, 2.24) is 14.9 Å². The summed E-state index contributed by atoms with van der Waals surface area (Å²) < 4.78 is 13.2. The SMILES string of the molecule is CCCCCNC(=O)CCCCn1c(=S)[nH]c2cc(OCC)c(OCC)cc2c1=O. The zero-order chi connectivity index (χ0) is 21.9. The van der Waals surface area contributed by atoms with Gasteiger partial charge >= 0.3 is 0 Å². The van der Waals surface area contributed by atoms with Crippen molar-refractivity contribution >= 4 is 29.0 Å². The minimum absolute atomic E-state index is 0.0620. The first kappa shape index (κ1) is 23.9. The third kappa shape index (κ3) is 6.58. The van der Waals surface area contributed by atoms with Gasteiger partial charge in [0, 0.05) is 25.6 Å². The number of rotatable bonds is 13. The van der Waals surface area contributed by atoms with Gasteiger partial charge in [-0.1, -0.05) is 19.8 Å². The highest BCUT2D eigenvalue weighted by Crippen LogP contribution is 2.30. The molecule has 2 aromatic rings. The van der Waals surface area contributed by atoms with Crippen LogP contribution < -0.4 is 20.3 Å². The molecule has 0 radical (unpaired) electrons. The molecule has 1 aromatic carbocycles. The van der Waals surface area contributed by atoms with Crippen LogP contribution in [0.1, 0.15) is 59.3 Å². The van der Waals surface area contributed by atoms with Gasteiger partial charge < -0.3 is 19.8 Å². The molecule has 30 heavy (non-hydrogen) atoms. The molecule has 2 N–H and O–H groups in total. The van der Waals surface area contributed by atoms with Crippen molar-refractivity contribution in [2.24, 2.45) is 0 Å². The first-order valence-electron chi connectivity index (χ1n) is 10.8. The molecule has 1 heterocycles. The van der Waals surface area contributed by atoms with Crippen LogP contribution in [-0.4, -0.2) is 35.2 Å². The number of aromatic amines is 1. The maximum Gasteiger partial charge on any atom is 0.262 e. The number of fused-ring (bicyclic) bond motifs is 1. The number of ether oxygens (including phenoxy) is 2. The number of nitrogens with zero attached hydrogens (tertiary/aromatic N) is 1. The Kier molecular flexibility index (Phi) is 9.86. The summed E-state index contributed by atoms with van der Waals surface area (Å²) in [6.07, 6.45) is 5.12. The van der Waals surface area contributed by atoms with Gasteiger partial charge in [0.25, 0.3) is 5.56 Å². The second-order valence-corrected chi connectivity index (χ2v) is 7.50. The third-order valence-electron chi connectivity index (χ3n) is 4.78. The fourth-order valence-corrected chi connectivity index (χ4v) is 3.53. The van der Waals surface area contributed by atoms with Gasteiger partial charge in [0.2, 0.25) is 5.91 Å². The predicted octanol–water partition coefficient (Wildman–Crippen LogP) is 4.33. The molecule has 2 rings (SSSR count). The third-order valence-corrected chi connectivity index (χ3v) is 5.11. The van der Waals surface area contributed by atoms with E-state index in [4.69, 9.17) is 21.7 Å². The van der Waals surface area contributed by atoms with E-state index in [0.717, 1.165) is 25.8 Å². The van der Waals surface area contributed by atoms with Crippen LogP contribution in [-0.2, 0) is 11.3 Å². The van der Waals surface area contributed by atoms with E-state index in [1.165, 1.54) is 0 Å². The zero-order valence-electron chi connectivity index (χ0n) is 18.2. The molecule has 8 heteroatoms. The topological polar surface area (TPSA) is 85.3 Å². The number of nitrogens with one attached hydrogen (secondary N) is 2. The molecule has 0 aliphatic heterocycles. The van der Waals surface area contributed by atoms with Crippen LogP contribution in [0.5, 0.6) is 11.5 Å². The van der Waals surface area contributed by atoms with E-state index in [-0.39, 0.29) is 11.5 Å². The Bertz CT molecular complexity index is 952. The summed E-state index contributed by atoms with van der Waals surface area (Å²) in [5.74, 6) is 1.19. The molecule has 0 atom stereocenters. The van der Waals surface area contributed by atoms with Crippen LogP contribution in [0.4, 0.5) is 0 Å². The molecule has 0 aliphatic rings. The fourth-order valence-electron chi connectivity index (χ4n) is 3.25. The van der Waals surface area contributed by atoms with E-state index in [0.29, 0.717) is 66.2 Å². The second kappa shape index (κ2) is 12.4. The Morgan fingerprint density at radius 3 is 2.43 bits per heavy atom. The van der Waals surface area contributed by atoms with Gasteiger partial charge in [-0.25, -0.2) is 0 Å². The Balaban J connectivity index is 2.07. The Labute approximate surface area is 182 Å². The van der Waals surface area contributed by atoms with Gasteiger partial charge in [-0.2, -0.15) is 0 Å². The van der Waals surface area contributed by atoms with Crippen molar-refractivity contribution in [3.05, 3.63) is 27.3 Å². The monoisotopic (exact) mass is 435 g/mol. The van der Waals surface area contributed by atoms with Gasteiger partial charge in [-0.05, 0) is 51.4 Å². The van der Waals surface area contributed by atoms with E-state index >= 15 is 0 Å². The molecule has 0 unspecified atom stereocenters. The maximum atomic E-state index is 13.0. The Hall–Kier alpha value is -2.35. The lowest BCUT2D eigenvalue weighted by molar-refractivity contribution is -0.121. The van der Waals surface area contributed by atoms with Gasteiger partial charge in [0.1, 0.15) is 0 Å². The normalized spacial score (nSPS) is 10.9. The van der Waals surface area contributed by atoms with Crippen LogP contribution in [0, 0.1) is 4.77 Å². The molecule has 0 fully saturated rings. The molecule has 1 amide bonds. The van der Waals surface area contributed by atoms with Gasteiger partial charge in [-0.15, -0.1) is 0 Å². The molecule has 0 saturated heterocycles. The Morgan fingerprint density at radius 1 is 1.07 bits per heavy atom. The summed E-state index contributed by atoms with van der Waals surface area (Å²) in [4.78, 5) is 28.0. The van der Waals surface area contributed by atoms with E-state index in [1.54, 1.807) is 16.7 Å². The number of hydrogen-bond donors (Lipinski definition) is 2. The molecule has 1 aromatic heterocycles. The number of aromatic nitrogens is 2. The van der Waals surface area contributed by atoms with Crippen molar-refractivity contribution < 1.29 is 14.3 Å². The van der Waals surface area contributed by atoms with Crippen LogP contribution in [0.2, 0.25) is 0 Å². The second-order valence-electron chi connectivity index (χ2n) is 7.11. The van der Waals surface area contributed by atoms with Crippen LogP contribution in [0.3, 0.4) is 0 Å². The van der Waals surface area contributed by atoms with Crippen molar-refractivity contribution in [2.75, 3.05) is 19.8 Å². The summed E-state index contributed by atoms with van der Waals surface area (Å²) in [5, 5.41) is 3.44.